The van der Waals surface area contributed by atoms with Gasteiger partial charge in [0.05, 0.1) is 3.74 Å². The van der Waals surface area contributed by atoms with Crippen molar-refractivity contribution in [2.24, 2.45) is 0 Å². The van der Waals surface area contributed by atoms with E-state index in [0.29, 0.717) is 0 Å². The first kappa shape index (κ1) is 11.2. The van der Waals surface area contributed by atoms with E-state index in [1.165, 1.54) is 27.1 Å². The largest absolute Gasteiger partial charge is 0.0952 e. The topological polar surface area (TPSA) is 0 Å². The van der Waals surface area contributed by atoms with Crippen LogP contribution in [0.25, 0.3) is 21.5 Å². The van der Waals surface area contributed by atoms with Crippen molar-refractivity contribution >= 4 is 53.4 Å². The Morgan fingerprint density at radius 2 is 1.41 bits per heavy atom. The fourth-order valence-corrected chi connectivity index (χ4v) is 3.05. The summed E-state index contributed by atoms with van der Waals surface area (Å²) in [5.41, 5.74) is 1.27. The summed E-state index contributed by atoms with van der Waals surface area (Å²) < 4.78 is 0.194. The molecule has 0 N–H and O–H groups in total. The lowest BCUT2D eigenvalue weighted by Crippen LogP contribution is -1.85. The molecule has 0 saturated heterocycles. The van der Waals surface area contributed by atoms with Gasteiger partial charge in [-0.05, 0) is 27.1 Å². The molecule has 0 heterocycles. The van der Waals surface area contributed by atoms with Crippen molar-refractivity contribution < 1.29 is 0 Å². The quantitative estimate of drug-likeness (QED) is 0.385. The molecule has 0 nitrogen and oxygen atoms in total. The highest BCUT2D eigenvalue weighted by atomic mass is 79.9. The molecule has 0 aliphatic carbocycles. The predicted molar refractivity (Wildman–Crippen MR) is 82.0 cm³/mol. The third-order valence-corrected chi connectivity index (χ3v) is 4.04. The van der Waals surface area contributed by atoms with Crippen LogP contribution in [-0.2, 0) is 0 Å². The summed E-state index contributed by atoms with van der Waals surface area (Å²) in [5.74, 6) is 0. The summed E-state index contributed by atoms with van der Waals surface area (Å²) in [6.07, 6.45) is 0. The Balaban J connectivity index is 2.48. The first-order valence-electron chi connectivity index (χ1n) is 5.46. The van der Waals surface area contributed by atoms with Crippen LogP contribution >= 0.6 is 31.9 Å². The van der Waals surface area contributed by atoms with Gasteiger partial charge in [-0.1, -0.05) is 86.5 Å². The summed E-state index contributed by atoms with van der Waals surface area (Å²) in [7, 11) is 0. The van der Waals surface area contributed by atoms with Gasteiger partial charge < -0.3 is 0 Å². The monoisotopic (exact) mass is 348 g/mol. The normalized spacial score (nSPS) is 11.5. The van der Waals surface area contributed by atoms with Crippen molar-refractivity contribution in [1.82, 2.24) is 0 Å². The lowest BCUT2D eigenvalue weighted by Gasteiger charge is -2.09. The van der Waals surface area contributed by atoms with Crippen molar-refractivity contribution in [3.63, 3.8) is 0 Å². The maximum atomic E-state index is 3.58. The van der Waals surface area contributed by atoms with Gasteiger partial charge in [0.1, 0.15) is 0 Å². The van der Waals surface area contributed by atoms with Crippen LogP contribution in [0.5, 0.6) is 0 Å². The second-order valence-corrected chi connectivity index (χ2v) is 7.09. The summed E-state index contributed by atoms with van der Waals surface area (Å²) in [5, 5.41) is 5.21. The van der Waals surface area contributed by atoms with Crippen molar-refractivity contribution in [3.8, 4) is 0 Å². The molecule has 0 aliphatic heterocycles. The standard InChI is InChI=1S/C15H10Br2/c16-15(17)14-7-3-6-12-11-5-2-1-4-10(11)8-9-13(12)14/h1-9,15H. The van der Waals surface area contributed by atoms with Gasteiger partial charge in [-0.25, -0.2) is 0 Å². The molecular weight excluding hydrogens is 340 g/mol. The summed E-state index contributed by atoms with van der Waals surface area (Å²) in [4.78, 5) is 0. The Labute approximate surface area is 117 Å². The molecule has 3 aromatic rings. The van der Waals surface area contributed by atoms with Gasteiger partial charge in [-0.2, -0.15) is 0 Å². The predicted octanol–water partition coefficient (Wildman–Crippen LogP) is 5.78. The Bertz CT molecular complexity index is 687. The minimum absolute atomic E-state index is 0.194. The van der Waals surface area contributed by atoms with Crippen LogP contribution in [0.1, 0.15) is 9.30 Å². The molecule has 0 atom stereocenters. The van der Waals surface area contributed by atoms with Gasteiger partial charge in [0.2, 0.25) is 0 Å². The molecule has 84 valence electrons. The zero-order chi connectivity index (χ0) is 11.8. The highest BCUT2D eigenvalue weighted by Gasteiger charge is 2.08. The van der Waals surface area contributed by atoms with E-state index in [4.69, 9.17) is 0 Å². The zero-order valence-electron chi connectivity index (χ0n) is 9.03. The van der Waals surface area contributed by atoms with Crippen LogP contribution in [0.3, 0.4) is 0 Å². The van der Waals surface area contributed by atoms with Gasteiger partial charge in [-0.3, -0.25) is 0 Å². The zero-order valence-corrected chi connectivity index (χ0v) is 12.2. The molecule has 0 amide bonds. The third kappa shape index (κ3) is 1.90. The van der Waals surface area contributed by atoms with Crippen LogP contribution in [0.15, 0.2) is 54.6 Å². The van der Waals surface area contributed by atoms with Crippen LogP contribution in [0.4, 0.5) is 0 Å². The van der Waals surface area contributed by atoms with Crippen molar-refractivity contribution in [1.29, 1.82) is 0 Å². The molecule has 17 heavy (non-hydrogen) atoms. The lowest BCUT2D eigenvalue weighted by atomic mass is 9.99. The summed E-state index contributed by atoms with van der Waals surface area (Å²) >= 11 is 7.17. The highest BCUT2D eigenvalue weighted by Crippen LogP contribution is 2.36. The van der Waals surface area contributed by atoms with E-state index in [1.54, 1.807) is 0 Å². The molecule has 0 spiro atoms. The molecule has 0 bridgehead atoms. The number of rotatable bonds is 1. The Morgan fingerprint density at radius 1 is 0.647 bits per heavy atom. The SMILES string of the molecule is BrC(Br)c1cccc2c1ccc1ccccc12. The number of benzene rings is 3. The van der Waals surface area contributed by atoms with Gasteiger partial charge in [-0.15, -0.1) is 0 Å². The van der Waals surface area contributed by atoms with Gasteiger partial charge in [0.15, 0.2) is 0 Å². The van der Waals surface area contributed by atoms with E-state index in [9.17, 15) is 0 Å². The van der Waals surface area contributed by atoms with Crippen molar-refractivity contribution in [3.05, 3.63) is 60.2 Å². The average molecular weight is 350 g/mol. The average Bonchev–Trinajstić information content (AvgIpc) is 2.37. The first-order chi connectivity index (χ1) is 8.27. The molecule has 0 radical (unpaired) electrons. The highest BCUT2D eigenvalue weighted by molar-refractivity contribution is 9.24. The van der Waals surface area contributed by atoms with Crippen LogP contribution in [0, 0.1) is 0 Å². The second kappa shape index (κ2) is 4.43. The van der Waals surface area contributed by atoms with E-state index < -0.39 is 0 Å². The second-order valence-electron chi connectivity index (χ2n) is 4.03. The number of halogens is 2. The Morgan fingerprint density at radius 3 is 2.24 bits per heavy atom. The van der Waals surface area contributed by atoms with Crippen LogP contribution < -0.4 is 0 Å². The van der Waals surface area contributed by atoms with E-state index in [-0.39, 0.29) is 3.74 Å². The Hall–Kier alpha value is -0.860. The molecular formula is C15H10Br2. The van der Waals surface area contributed by atoms with Gasteiger partial charge >= 0.3 is 0 Å². The molecule has 0 unspecified atom stereocenters. The van der Waals surface area contributed by atoms with Crippen molar-refractivity contribution in [2.45, 2.75) is 3.74 Å². The molecule has 0 fully saturated rings. The molecule has 0 aromatic heterocycles. The molecule has 3 aromatic carbocycles. The molecule has 3 rings (SSSR count). The maximum Gasteiger partial charge on any atom is 0.0952 e. The van der Waals surface area contributed by atoms with Gasteiger partial charge in [0.25, 0.3) is 0 Å². The number of hydrogen-bond acceptors (Lipinski definition) is 0. The maximum absolute atomic E-state index is 3.58. The van der Waals surface area contributed by atoms with Gasteiger partial charge in [0, 0.05) is 0 Å². The number of hydrogen-bond donors (Lipinski definition) is 0. The smallest absolute Gasteiger partial charge is 0.0712 e. The molecule has 0 saturated carbocycles. The van der Waals surface area contributed by atoms with Crippen molar-refractivity contribution in [2.75, 3.05) is 0 Å². The van der Waals surface area contributed by atoms with Crippen LogP contribution in [0.2, 0.25) is 0 Å². The summed E-state index contributed by atoms with van der Waals surface area (Å²) in [6.45, 7) is 0. The van der Waals surface area contributed by atoms with E-state index in [2.05, 4.69) is 86.5 Å². The number of fused-ring (bicyclic) bond motifs is 3. The summed E-state index contributed by atoms with van der Waals surface area (Å²) in [6, 6.07) is 19.3. The van der Waals surface area contributed by atoms with E-state index in [1.807, 2.05) is 0 Å². The molecule has 0 aliphatic rings. The Kier molecular flexibility index (Phi) is 2.93. The lowest BCUT2D eigenvalue weighted by molar-refractivity contribution is 1.48. The fourth-order valence-electron chi connectivity index (χ4n) is 2.25. The minimum atomic E-state index is 0.194. The number of alkyl halides is 2. The molecule has 2 heteroatoms. The third-order valence-electron chi connectivity index (χ3n) is 3.06. The van der Waals surface area contributed by atoms with E-state index in [0.717, 1.165) is 0 Å². The van der Waals surface area contributed by atoms with E-state index >= 15 is 0 Å². The minimum Gasteiger partial charge on any atom is -0.0712 e. The van der Waals surface area contributed by atoms with Crippen LogP contribution in [-0.4, -0.2) is 0 Å². The fraction of sp³-hybridized carbons (Fsp3) is 0.0667. The first-order valence-corrected chi connectivity index (χ1v) is 7.29.